The molecule has 4 rings (SSSR count). The zero-order chi connectivity index (χ0) is 17.8. The molecule has 0 atom stereocenters. The van der Waals surface area contributed by atoms with Crippen molar-refractivity contribution in [3.63, 3.8) is 0 Å². The largest absolute Gasteiger partial charge is 0.484 e. The minimum absolute atomic E-state index is 0.209. The van der Waals surface area contributed by atoms with Gasteiger partial charge in [0.25, 0.3) is 11.1 Å². The quantitative estimate of drug-likeness (QED) is 0.448. The summed E-state index contributed by atoms with van der Waals surface area (Å²) in [6, 6.07) is 11.3. The van der Waals surface area contributed by atoms with E-state index in [1.54, 1.807) is 18.4 Å². The first-order valence-corrected chi connectivity index (χ1v) is 8.76. The van der Waals surface area contributed by atoms with Crippen molar-refractivity contribution in [1.82, 2.24) is 20.3 Å². The fraction of sp³-hybridized carbons (Fsp3) is 0.176. The standard InChI is InChI=1S/C17H14N4O4S/c1-11-4-2-5-12(8-11)23-9-14-19-20-17(24-14)26-10-15-18-16(21-25-15)13-6-3-7-22-13/h2-8H,9-10H2,1H3. The Morgan fingerprint density at radius 3 is 2.92 bits per heavy atom. The number of ether oxygens (including phenoxy) is 1. The molecule has 0 saturated heterocycles. The molecule has 132 valence electrons. The fourth-order valence-corrected chi connectivity index (χ4v) is 2.77. The smallest absolute Gasteiger partial charge is 0.277 e. The van der Waals surface area contributed by atoms with Crippen LogP contribution in [0, 0.1) is 6.92 Å². The number of aryl methyl sites for hydroxylation is 1. The number of benzene rings is 1. The molecule has 0 bridgehead atoms. The van der Waals surface area contributed by atoms with Crippen LogP contribution in [-0.2, 0) is 12.4 Å². The molecule has 26 heavy (non-hydrogen) atoms. The first-order valence-electron chi connectivity index (χ1n) is 7.77. The molecular formula is C17H14N4O4S. The summed E-state index contributed by atoms with van der Waals surface area (Å²) < 4.78 is 21.6. The first kappa shape index (κ1) is 16.4. The number of hydrogen-bond donors (Lipinski definition) is 0. The second-order valence-corrected chi connectivity index (χ2v) is 6.27. The van der Waals surface area contributed by atoms with Gasteiger partial charge in [0.05, 0.1) is 12.0 Å². The molecule has 3 aromatic heterocycles. The Morgan fingerprint density at radius 1 is 1.12 bits per heavy atom. The van der Waals surface area contributed by atoms with Crippen molar-refractivity contribution in [1.29, 1.82) is 0 Å². The van der Waals surface area contributed by atoms with Crippen LogP contribution in [0.15, 0.2) is 61.2 Å². The number of thioether (sulfide) groups is 1. The van der Waals surface area contributed by atoms with Crippen molar-refractivity contribution in [2.75, 3.05) is 0 Å². The van der Waals surface area contributed by atoms with Crippen LogP contribution in [0.25, 0.3) is 11.6 Å². The monoisotopic (exact) mass is 370 g/mol. The van der Waals surface area contributed by atoms with Gasteiger partial charge >= 0.3 is 0 Å². The minimum atomic E-state index is 0.209. The third-order valence-corrected chi connectivity index (χ3v) is 4.13. The lowest BCUT2D eigenvalue weighted by molar-refractivity contribution is 0.252. The molecule has 0 spiro atoms. The van der Waals surface area contributed by atoms with Gasteiger partial charge in [-0.05, 0) is 36.8 Å². The van der Waals surface area contributed by atoms with Crippen LogP contribution >= 0.6 is 11.8 Å². The van der Waals surface area contributed by atoms with E-state index < -0.39 is 0 Å². The van der Waals surface area contributed by atoms with Crippen LogP contribution in [-0.4, -0.2) is 20.3 Å². The third-order valence-electron chi connectivity index (χ3n) is 3.33. The molecule has 8 nitrogen and oxygen atoms in total. The summed E-state index contributed by atoms with van der Waals surface area (Å²) in [5, 5.41) is 12.2. The first-order chi connectivity index (χ1) is 12.8. The molecule has 0 N–H and O–H groups in total. The third kappa shape index (κ3) is 3.94. The van der Waals surface area contributed by atoms with Gasteiger partial charge in [0, 0.05) is 0 Å². The van der Waals surface area contributed by atoms with Gasteiger partial charge in [-0.15, -0.1) is 10.2 Å². The van der Waals surface area contributed by atoms with E-state index in [4.69, 9.17) is 18.1 Å². The van der Waals surface area contributed by atoms with Crippen molar-refractivity contribution in [3.05, 3.63) is 60.0 Å². The average Bonchev–Trinajstić information content (AvgIpc) is 3.39. The Balaban J connectivity index is 1.31. The van der Waals surface area contributed by atoms with Crippen LogP contribution in [0.1, 0.15) is 17.3 Å². The summed E-state index contributed by atoms with van der Waals surface area (Å²) in [4.78, 5) is 4.25. The molecule has 1 aromatic carbocycles. The summed E-state index contributed by atoms with van der Waals surface area (Å²) >= 11 is 1.31. The summed E-state index contributed by atoms with van der Waals surface area (Å²) in [6.45, 7) is 2.21. The van der Waals surface area contributed by atoms with Gasteiger partial charge < -0.3 is 18.1 Å². The van der Waals surface area contributed by atoms with Gasteiger partial charge in [0.15, 0.2) is 12.4 Å². The lowest BCUT2D eigenvalue weighted by atomic mass is 10.2. The van der Waals surface area contributed by atoms with Crippen molar-refractivity contribution in [2.24, 2.45) is 0 Å². The Morgan fingerprint density at radius 2 is 2.08 bits per heavy atom. The SMILES string of the molecule is Cc1cccc(OCc2nnc(SCc3nc(-c4ccco4)no3)o2)c1. The highest BCUT2D eigenvalue weighted by Crippen LogP contribution is 2.23. The van der Waals surface area contributed by atoms with E-state index in [0.29, 0.717) is 34.3 Å². The number of rotatable bonds is 7. The highest BCUT2D eigenvalue weighted by Gasteiger charge is 2.13. The van der Waals surface area contributed by atoms with E-state index in [9.17, 15) is 0 Å². The Labute approximate surface area is 152 Å². The lowest BCUT2D eigenvalue weighted by Crippen LogP contribution is -1.95. The summed E-state index contributed by atoms with van der Waals surface area (Å²) in [6.07, 6.45) is 1.55. The van der Waals surface area contributed by atoms with Gasteiger partial charge in [-0.25, -0.2) is 0 Å². The van der Waals surface area contributed by atoms with Gasteiger partial charge in [-0.1, -0.05) is 29.1 Å². The number of hydrogen-bond acceptors (Lipinski definition) is 9. The predicted octanol–water partition coefficient (Wildman–Crippen LogP) is 3.89. The van der Waals surface area contributed by atoms with Crippen molar-refractivity contribution >= 4 is 11.8 Å². The molecule has 4 aromatic rings. The van der Waals surface area contributed by atoms with E-state index in [0.717, 1.165) is 11.3 Å². The Hall–Kier alpha value is -3.07. The van der Waals surface area contributed by atoms with Crippen molar-refractivity contribution in [3.8, 4) is 17.3 Å². The molecule has 0 saturated carbocycles. The lowest BCUT2D eigenvalue weighted by Gasteiger charge is -2.03. The summed E-state index contributed by atoms with van der Waals surface area (Å²) in [7, 11) is 0. The maximum atomic E-state index is 5.64. The van der Waals surface area contributed by atoms with Gasteiger partial charge in [-0.3, -0.25) is 0 Å². The molecular weight excluding hydrogens is 356 g/mol. The van der Waals surface area contributed by atoms with E-state index >= 15 is 0 Å². The van der Waals surface area contributed by atoms with Crippen molar-refractivity contribution in [2.45, 2.75) is 24.5 Å². The molecule has 0 fully saturated rings. The molecule has 0 aliphatic carbocycles. The molecule has 0 unspecified atom stereocenters. The molecule has 0 radical (unpaired) electrons. The second-order valence-electron chi connectivity index (χ2n) is 5.34. The highest BCUT2D eigenvalue weighted by molar-refractivity contribution is 7.98. The normalized spacial score (nSPS) is 11.0. The van der Waals surface area contributed by atoms with Crippen LogP contribution in [0.2, 0.25) is 0 Å². The zero-order valence-electron chi connectivity index (χ0n) is 13.8. The topological polar surface area (TPSA) is 100 Å². The summed E-state index contributed by atoms with van der Waals surface area (Å²) in [5.41, 5.74) is 1.12. The number of aromatic nitrogens is 4. The van der Waals surface area contributed by atoms with E-state index in [2.05, 4.69) is 20.3 Å². The average molecular weight is 370 g/mol. The molecule has 0 aliphatic heterocycles. The van der Waals surface area contributed by atoms with Gasteiger partial charge in [-0.2, -0.15) is 4.98 Å². The predicted molar refractivity (Wildman–Crippen MR) is 91.4 cm³/mol. The molecule has 3 heterocycles. The van der Waals surface area contributed by atoms with Crippen LogP contribution < -0.4 is 4.74 Å². The highest BCUT2D eigenvalue weighted by atomic mass is 32.2. The van der Waals surface area contributed by atoms with Gasteiger partial charge in [0.2, 0.25) is 11.7 Å². The number of furan rings is 1. The van der Waals surface area contributed by atoms with Crippen LogP contribution in [0.4, 0.5) is 0 Å². The Bertz CT molecular complexity index is 980. The second kappa shape index (κ2) is 7.44. The van der Waals surface area contributed by atoms with E-state index in [-0.39, 0.29) is 6.61 Å². The van der Waals surface area contributed by atoms with E-state index in [1.165, 1.54) is 11.8 Å². The summed E-state index contributed by atoms with van der Waals surface area (Å²) in [5.74, 6) is 2.97. The maximum absolute atomic E-state index is 5.64. The minimum Gasteiger partial charge on any atom is -0.484 e. The van der Waals surface area contributed by atoms with Crippen LogP contribution in [0.5, 0.6) is 5.75 Å². The van der Waals surface area contributed by atoms with Crippen LogP contribution in [0.3, 0.4) is 0 Å². The molecule has 0 amide bonds. The van der Waals surface area contributed by atoms with Crippen molar-refractivity contribution < 1.29 is 18.1 Å². The molecule has 0 aliphatic rings. The zero-order valence-corrected chi connectivity index (χ0v) is 14.6. The number of nitrogens with zero attached hydrogens (tertiary/aromatic N) is 4. The Kier molecular flexibility index (Phi) is 4.69. The van der Waals surface area contributed by atoms with E-state index in [1.807, 2.05) is 31.2 Å². The maximum Gasteiger partial charge on any atom is 0.277 e. The fourth-order valence-electron chi connectivity index (χ4n) is 2.15. The van der Waals surface area contributed by atoms with Gasteiger partial charge in [0.1, 0.15) is 5.75 Å². The molecule has 9 heteroatoms.